The quantitative estimate of drug-likeness (QED) is 0.707. The third kappa shape index (κ3) is 2.43. The molecule has 1 heterocycles. The monoisotopic (exact) mass is 230 g/mol. The summed E-state index contributed by atoms with van der Waals surface area (Å²) in [6, 6.07) is 3.58. The lowest BCUT2D eigenvalue weighted by molar-refractivity contribution is -0.0423. The number of hydrogen-bond donors (Lipinski definition) is 0. The van der Waals surface area contributed by atoms with Crippen molar-refractivity contribution in [2.75, 3.05) is 0 Å². The SMILES string of the molecule is O=C(c1cccs1)C1CCC(F)(F)CC1. The van der Waals surface area contributed by atoms with Crippen LogP contribution in [-0.2, 0) is 0 Å². The van der Waals surface area contributed by atoms with E-state index in [9.17, 15) is 13.6 Å². The number of carbonyl (C=O) groups excluding carboxylic acids is 1. The Hall–Kier alpha value is -0.770. The van der Waals surface area contributed by atoms with Crippen LogP contribution in [0.25, 0.3) is 0 Å². The number of ketones is 1. The molecule has 0 N–H and O–H groups in total. The maximum Gasteiger partial charge on any atom is 0.248 e. The topological polar surface area (TPSA) is 17.1 Å². The third-order valence-corrected chi connectivity index (χ3v) is 3.74. The average Bonchev–Trinajstić information content (AvgIpc) is 2.69. The van der Waals surface area contributed by atoms with Crippen LogP contribution in [-0.4, -0.2) is 11.7 Å². The van der Waals surface area contributed by atoms with Gasteiger partial charge in [0.05, 0.1) is 4.88 Å². The normalized spacial score (nSPS) is 21.5. The van der Waals surface area contributed by atoms with Gasteiger partial charge >= 0.3 is 0 Å². The zero-order chi connectivity index (χ0) is 10.9. The van der Waals surface area contributed by atoms with E-state index >= 15 is 0 Å². The molecular formula is C11H12F2OS. The summed E-state index contributed by atoms with van der Waals surface area (Å²) in [6.07, 6.45) is 0.358. The zero-order valence-corrected chi connectivity index (χ0v) is 9.03. The van der Waals surface area contributed by atoms with Crippen molar-refractivity contribution in [3.8, 4) is 0 Å². The zero-order valence-electron chi connectivity index (χ0n) is 8.21. The Morgan fingerprint density at radius 3 is 2.60 bits per heavy atom. The van der Waals surface area contributed by atoms with Crippen LogP contribution in [0.5, 0.6) is 0 Å². The molecule has 1 saturated carbocycles. The van der Waals surface area contributed by atoms with Crippen molar-refractivity contribution in [2.45, 2.75) is 31.6 Å². The van der Waals surface area contributed by atoms with Gasteiger partial charge in [-0.3, -0.25) is 4.79 Å². The van der Waals surface area contributed by atoms with Crippen LogP contribution < -0.4 is 0 Å². The van der Waals surface area contributed by atoms with Gasteiger partial charge in [-0.15, -0.1) is 11.3 Å². The Balaban J connectivity index is 2.00. The van der Waals surface area contributed by atoms with Crippen LogP contribution in [0, 0.1) is 5.92 Å². The predicted molar refractivity (Wildman–Crippen MR) is 55.6 cm³/mol. The van der Waals surface area contributed by atoms with Gasteiger partial charge in [0.15, 0.2) is 5.78 Å². The van der Waals surface area contributed by atoms with E-state index in [2.05, 4.69) is 0 Å². The molecule has 2 rings (SSSR count). The highest BCUT2D eigenvalue weighted by Crippen LogP contribution is 2.37. The molecule has 1 aliphatic rings. The van der Waals surface area contributed by atoms with Crippen LogP contribution in [0.15, 0.2) is 17.5 Å². The summed E-state index contributed by atoms with van der Waals surface area (Å²) in [6.45, 7) is 0. The Kier molecular flexibility index (Phi) is 2.87. The van der Waals surface area contributed by atoms with Crippen LogP contribution in [0.2, 0.25) is 0 Å². The Morgan fingerprint density at radius 1 is 1.40 bits per heavy atom. The largest absolute Gasteiger partial charge is 0.293 e. The summed E-state index contributed by atoms with van der Waals surface area (Å²) >= 11 is 1.39. The van der Waals surface area contributed by atoms with E-state index in [-0.39, 0.29) is 24.5 Å². The summed E-state index contributed by atoms with van der Waals surface area (Å²) in [7, 11) is 0. The molecule has 0 atom stereocenters. The minimum Gasteiger partial charge on any atom is -0.293 e. The van der Waals surface area contributed by atoms with Gasteiger partial charge in [0.25, 0.3) is 0 Å². The van der Waals surface area contributed by atoms with E-state index in [1.165, 1.54) is 11.3 Å². The standard InChI is InChI=1S/C11H12F2OS/c12-11(13)5-3-8(4-6-11)10(14)9-2-1-7-15-9/h1-2,7-8H,3-6H2. The highest BCUT2D eigenvalue weighted by atomic mass is 32.1. The predicted octanol–water partition coefficient (Wildman–Crippen LogP) is 3.76. The summed E-state index contributed by atoms with van der Waals surface area (Å²) in [5.41, 5.74) is 0. The highest BCUT2D eigenvalue weighted by molar-refractivity contribution is 7.12. The van der Waals surface area contributed by atoms with Gasteiger partial charge in [0.1, 0.15) is 0 Å². The molecular weight excluding hydrogens is 218 g/mol. The van der Waals surface area contributed by atoms with E-state index in [4.69, 9.17) is 0 Å². The Bertz CT molecular complexity index is 335. The summed E-state index contributed by atoms with van der Waals surface area (Å²) in [4.78, 5) is 12.5. The van der Waals surface area contributed by atoms with Crippen molar-refractivity contribution in [1.29, 1.82) is 0 Å². The van der Waals surface area contributed by atoms with Gasteiger partial charge in [-0.2, -0.15) is 0 Å². The maximum absolute atomic E-state index is 12.9. The first-order chi connectivity index (χ1) is 7.08. The second-order valence-electron chi connectivity index (χ2n) is 3.97. The van der Waals surface area contributed by atoms with E-state index in [1.54, 1.807) is 6.07 Å². The first-order valence-corrected chi connectivity index (χ1v) is 5.92. The van der Waals surface area contributed by atoms with Crippen LogP contribution in [0.1, 0.15) is 35.4 Å². The van der Waals surface area contributed by atoms with Gasteiger partial charge in [0.2, 0.25) is 5.92 Å². The summed E-state index contributed by atoms with van der Waals surface area (Å²) < 4.78 is 25.7. The number of thiophene rings is 1. The lowest BCUT2D eigenvalue weighted by Gasteiger charge is -2.26. The number of halogens is 2. The molecule has 0 spiro atoms. The summed E-state index contributed by atoms with van der Waals surface area (Å²) in [5, 5.41) is 1.84. The molecule has 0 unspecified atom stereocenters. The highest BCUT2D eigenvalue weighted by Gasteiger charge is 2.37. The molecule has 1 fully saturated rings. The summed E-state index contributed by atoms with van der Waals surface area (Å²) in [5.74, 6) is -2.70. The van der Waals surface area contributed by atoms with Crippen LogP contribution in [0.3, 0.4) is 0 Å². The molecule has 1 aromatic heterocycles. The fraction of sp³-hybridized carbons (Fsp3) is 0.545. The van der Waals surface area contributed by atoms with Crippen molar-refractivity contribution in [3.05, 3.63) is 22.4 Å². The van der Waals surface area contributed by atoms with Gasteiger partial charge < -0.3 is 0 Å². The number of Topliss-reactive ketones (excluding diaryl/α,β-unsaturated/α-hetero) is 1. The molecule has 1 nitrogen and oxygen atoms in total. The molecule has 15 heavy (non-hydrogen) atoms. The van der Waals surface area contributed by atoms with Gasteiger partial charge in [0, 0.05) is 18.8 Å². The molecule has 0 amide bonds. The lowest BCUT2D eigenvalue weighted by atomic mass is 9.84. The van der Waals surface area contributed by atoms with Gasteiger partial charge in [-0.05, 0) is 24.3 Å². The molecule has 0 aromatic carbocycles. The van der Waals surface area contributed by atoms with E-state index in [0.29, 0.717) is 17.7 Å². The van der Waals surface area contributed by atoms with E-state index in [0.717, 1.165) is 0 Å². The molecule has 0 radical (unpaired) electrons. The molecule has 0 aliphatic heterocycles. The van der Waals surface area contributed by atoms with Crippen LogP contribution >= 0.6 is 11.3 Å². The fourth-order valence-electron chi connectivity index (χ4n) is 1.92. The first-order valence-electron chi connectivity index (χ1n) is 5.04. The second kappa shape index (κ2) is 4.00. The number of hydrogen-bond acceptors (Lipinski definition) is 2. The van der Waals surface area contributed by atoms with Gasteiger partial charge in [-0.1, -0.05) is 6.07 Å². The maximum atomic E-state index is 12.9. The van der Waals surface area contributed by atoms with E-state index in [1.807, 2.05) is 11.4 Å². The number of carbonyl (C=O) groups is 1. The molecule has 0 saturated heterocycles. The van der Waals surface area contributed by atoms with Crippen molar-refractivity contribution in [3.63, 3.8) is 0 Å². The van der Waals surface area contributed by atoms with Crippen molar-refractivity contribution >= 4 is 17.1 Å². The minimum absolute atomic E-state index is 0.0421. The lowest BCUT2D eigenvalue weighted by Crippen LogP contribution is -2.28. The third-order valence-electron chi connectivity index (χ3n) is 2.85. The molecule has 1 aliphatic carbocycles. The van der Waals surface area contributed by atoms with Gasteiger partial charge in [-0.25, -0.2) is 8.78 Å². The second-order valence-corrected chi connectivity index (χ2v) is 4.92. The van der Waals surface area contributed by atoms with E-state index < -0.39 is 5.92 Å². The molecule has 82 valence electrons. The van der Waals surface area contributed by atoms with Crippen molar-refractivity contribution in [1.82, 2.24) is 0 Å². The van der Waals surface area contributed by atoms with Crippen molar-refractivity contribution in [2.24, 2.45) is 5.92 Å². The Morgan fingerprint density at radius 2 is 2.07 bits per heavy atom. The average molecular weight is 230 g/mol. The molecule has 1 aromatic rings. The first kappa shape index (κ1) is 10.7. The molecule has 4 heteroatoms. The number of rotatable bonds is 2. The number of alkyl halides is 2. The molecule has 0 bridgehead atoms. The van der Waals surface area contributed by atoms with Crippen molar-refractivity contribution < 1.29 is 13.6 Å². The Labute approximate surface area is 91.1 Å². The fourth-order valence-corrected chi connectivity index (χ4v) is 2.67. The smallest absolute Gasteiger partial charge is 0.248 e. The van der Waals surface area contributed by atoms with Crippen LogP contribution in [0.4, 0.5) is 8.78 Å². The minimum atomic E-state index is -2.55.